The Balaban J connectivity index is 1.86. The van der Waals surface area contributed by atoms with Crippen LogP contribution in [0.4, 0.5) is 4.39 Å². The number of ketones is 1. The SMILES string of the molecule is COc1ccc(CC(=O)c2c[nH]c3cc(F)ccc23)cc1. The molecule has 0 bridgehead atoms. The van der Waals surface area contributed by atoms with Crippen LogP contribution in [0.5, 0.6) is 5.75 Å². The summed E-state index contributed by atoms with van der Waals surface area (Å²) in [4.78, 5) is 15.3. The maximum Gasteiger partial charge on any atom is 0.169 e. The molecule has 0 saturated carbocycles. The molecular weight excluding hydrogens is 269 g/mol. The van der Waals surface area contributed by atoms with Crippen LogP contribution in [-0.4, -0.2) is 17.9 Å². The standard InChI is InChI=1S/C17H14FNO2/c1-21-13-5-2-11(3-6-13)8-17(20)15-10-19-16-9-12(18)4-7-14(15)16/h2-7,9-10,19H,8H2,1H3. The lowest BCUT2D eigenvalue weighted by atomic mass is 10.0. The van der Waals surface area contributed by atoms with Gasteiger partial charge in [-0.25, -0.2) is 4.39 Å². The Morgan fingerprint density at radius 3 is 2.67 bits per heavy atom. The number of aromatic nitrogens is 1. The number of carbonyl (C=O) groups is 1. The predicted molar refractivity (Wildman–Crippen MR) is 79.3 cm³/mol. The number of methoxy groups -OCH3 is 1. The number of carbonyl (C=O) groups excluding carboxylic acids is 1. The molecule has 1 N–H and O–H groups in total. The Labute approximate surface area is 121 Å². The van der Waals surface area contributed by atoms with Crippen LogP contribution >= 0.6 is 0 Å². The summed E-state index contributed by atoms with van der Waals surface area (Å²) >= 11 is 0. The second-order valence-electron chi connectivity index (χ2n) is 4.84. The van der Waals surface area contributed by atoms with Gasteiger partial charge in [-0.2, -0.15) is 0 Å². The fourth-order valence-corrected chi connectivity index (χ4v) is 2.35. The van der Waals surface area contributed by atoms with Crippen LogP contribution in [0.1, 0.15) is 15.9 Å². The molecule has 3 aromatic rings. The summed E-state index contributed by atoms with van der Waals surface area (Å²) in [6.45, 7) is 0. The first-order valence-electron chi connectivity index (χ1n) is 6.60. The number of benzene rings is 2. The molecule has 0 aliphatic carbocycles. The van der Waals surface area contributed by atoms with E-state index in [4.69, 9.17) is 4.74 Å². The summed E-state index contributed by atoms with van der Waals surface area (Å²) in [5.41, 5.74) is 2.13. The minimum absolute atomic E-state index is 0.00183. The molecule has 0 fully saturated rings. The molecule has 21 heavy (non-hydrogen) atoms. The van der Waals surface area contributed by atoms with Crippen molar-refractivity contribution in [2.45, 2.75) is 6.42 Å². The summed E-state index contributed by atoms with van der Waals surface area (Å²) in [5, 5.41) is 0.745. The van der Waals surface area contributed by atoms with E-state index in [1.807, 2.05) is 24.3 Å². The van der Waals surface area contributed by atoms with Gasteiger partial charge in [-0.3, -0.25) is 4.79 Å². The number of aromatic amines is 1. The van der Waals surface area contributed by atoms with Gasteiger partial charge in [0.2, 0.25) is 0 Å². The number of rotatable bonds is 4. The van der Waals surface area contributed by atoms with Crippen molar-refractivity contribution in [3.8, 4) is 5.75 Å². The zero-order valence-electron chi connectivity index (χ0n) is 11.5. The molecular formula is C17H14FNO2. The van der Waals surface area contributed by atoms with Gasteiger partial charge in [-0.15, -0.1) is 0 Å². The van der Waals surface area contributed by atoms with Gasteiger partial charge >= 0.3 is 0 Å². The highest BCUT2D eigenvalue weighted by Gasteiger charge is 2.13. The Morgan fingerprint density at radius 2 is 1.95 bits per heavy atom. The number of halogens is 1. The van der Waals surface area contributed by atoms with Crippen molar-refractivity contribution in [3.05, 3.63) is 65.6 Å². The van der Waals surface area contributed by atoms with Crippen molar-refractivity contribution < 1.29 is 13.9 Å². The fraction of sp³-hybridized carbons (Fsp3) is 0.118. The van der Waals surface area contributed by atoms with E-state index >= 15 is 0 Å². The van der Waals surface area contributed by atoms with E-state index < -0.39 is 0 Å². The Morgan fingerprint density at radius 1 is 1.19 bits per heavy atom. The number of H-pyrrole nitrogens is 1. The van der Waals surface area contributed by atoms with Crippen LogP contribution in [0.3, 0.4) is 0 Å². The minimum Gasteiger partial charge on any atom is -0.497 e. The van der Waals surface area contributed by atoms with Crippen LogP contribution in [0.2, 0.25) is 0 Å². The number of fused-ring (bicyclic) bond motifs is 1. The van der Waals surface area contributed by atoms with Crippen molar-refractivity contribution >= 4 is 16.7 Å². The summed E-state index contributed by atoms with van der Waals surface area (Å²) < 4.78 is 18.2. The average Bonchev–Trinajstić information content (AvgIpc) is 2.91. The van der Waals surface area contributed by atoms with Crippen LogP contribution < -0.4 is 4.74 Å². The van der Waals surface area contributed by atoms with Gasteiger partial charge in [-0.1, -0.05) is 12.1 Å². The largest absolute Gasteiger partial charge is 0.497 e. The predicted octanol–water partition coefficient (Wildman–Crippen LogP) is 3.74. The van der Waals surface area contributed by atoms with Crippen LogP contribution in [0.25, 0.3) is 10.9 Å². The summed E-state index contributed by atoms with van der Waals surface area (Å²) in [5.74, 6) is 0.435. The highest BCUT2D eigenvalue weighted by Crippen LogP contribution is 2.21. The van der Waals surface area contributed by atoms with Crippen LogP contribution in [-0.2, 0) is 6.42 Å². The zero-order valence-corrected chi connectivity index (χ0v) is 11.5. The van der Waals surface area contributed by atoms with Gasteiger partial charge in [0, 0.05) is 29.1 Å². The molecule has 1 aromatic heterocycles. The summed E-state index contributed by atoms with van der Waals surface area (Å²) in [7, 11) is 1.60. The van der Waals surface area contributed by atoms with E-state index in [9.17, 15) is 9.18 Å². The van der Waals surface area contributed by atoms with E-state index in [0.717, 1.165) is 16.7 Å². The van der Waals surface area contributed by atoms with E-state index in [1.54, 1.807) is 19.4 Å². The van der Waals surface area contributed by atoms with Gasteiger partial charge in [0.25, 0.3) is 0 Å². The van der Waals surface area contributed by atoms with Gasteiger partial charge in [-0.05, 0) is 35.9 Å². The van der Waals surface area contributed by atoms with E-state index in [-0.39, 0.29) is 11.6 Å². The van der Waals surface area contributed by atoms with E-state index in [2.05, 4.69) is 4.98 Å². The van der Waals surface area contributed by atoms with Gasteiger partial charge in [0.1, 0.15) is 11.6 Å². The fourth-order valence-electron chi connectivity index (χ4n) is 2.35. The number of nitrogens with one attached hydrogen (secondary N) is 1. The molecule has 0 spiro atoms. The minimum atomic E-state index is -0.321. The Bertz CT molecular complexity index is 790. The third kappa shape index (κ3) is 2.65. The molecule has 0 saturated heterocycles. The molecule has 0 amide bonds. The monoisotopic (exact) mass is 283 g/mol. The molecule has 0 aliphatic heterocycles. The van der Waals surface area contributed by atoms with Crippen molar-refractivity contribution in [3.63, 3.8) is 0 Å². The van der Waals surface area contributed by atoms with Crippen molar-refractivity contribution in [2.24, 2.45) is 0 Å². The lowest BCUT2D eigenvalue weighted by molar-refractivity contribution is 0.0994. The second kappa shape index (κ2) is 5.40. The zero-order chi connectivity index (χ0) is 14.8. The average molecular weight is 283 g/mol. The van der Waals surface area contributed by atoms with Gasteiger partial charge in [0.05, 0.1) is 7.11 Å². The van der Waals surface area contributed by atoms with Gasteiger partial charge < -0.3 is 9.72 Å². The highest BCUT2D eigenvalue weighted by atomic mass is 19.1. The smallest absolute Gasteiger partial charge is 0.169 e. The third-order valence-electron chi connectivity index (χ3n) is 3.47. The molecule has 0 atom stereocenters. The topological polar surface area (TPSA) is 42.1 Å². The molecule has 3 rings (SSSR count). The van der Waals surface area contributed by atoms with E-state index in [1.165, 1.54) is 12.1 Å². The Kier molecular flexibility index (Phi) is 3.44. The molecule has 0 aliphatic rings. The van der Waals surface area contributed by atoms with Crippen molar-refractivity contribution in [1.29, 1.82) is 0 Å². The maximum atomic E-state index is 13.1. The molecule has 106 valence electrons. The molecule has 4 heteroatoms. The molecule has 2 aromatic carbocycles. The van der Waals surface area contributed by atoms with Gasteiger partial charge in [0.15, 0.2) is 5.78 Å². The number of ether oxygens (including phenoxy) is 1. The third-order valence-corrected chi connectivity index (χ3v) is 3.47. The van der Waals surface area contributed by atoms with Crippen molar-refractivity contribution in [1.82, 2.24) is 4.98 Å². The summed E-state index contributed by atoms with van der Waals surface area (Å²) in [6, 6.07) is 11.8. The number of Topliss-reactive ketones (excluding diaryl/α,β-unsaturated/α-hetero) is 1. The van der Waals surface area contributed by atoms with Crippen molar-refractivity contribution in [2.75, 3.05) is 7.11 Å². The highest BCUT2D eigenvalue weighted by molar-refractivity contribution is 6.08. The normalized spacial score (nSPS) is 10.8. The first kappa shape index (κ1) is 13.4. The molecule has 3 nitrogen and oxygen atoms in total. The number of hydrogen-bond acceptors (Lipinski definition) is 2. The first-order valence-corrected chi connectivity index (χ1v) is 6.60. The first-order chi connectivity index (χ1) is 10.2. The lowest BCUT2D eigenvalue weighted by Gasteiger charge is -2.03. The maximum absolute atomic E-state index is 13.1. The molecule has 1 heterocycles. The second-order valence-corrected chi connectivity index (χ2v) is 4.84. The summed E-state index contributed by atoms with van der Waals surface area (Å²) in [6.07, 6.45) is 1.93. The lowest BCUT2D eigenvalue weighted by Crippen LogP contribution is -2.02. The Hall–Kier alpha value is -2.62. The van der Waals surface area contributed by atoms with Crippen LogP contribution in [0, 0.1) is 5.82 Å². The number of hydrogen-bond donors (Lipinski definition) is 1. The van der Waals surface area contributed by atoms with Crippen LogP contribution in [0.15, 0.2) is 48.7 Å². The quantitative estimate of drug-likeness (QED) is 0.741. The molecule has 0 unspecified atom stereocenters. The molecule has 0 radical (unpaired) electrons. The van der Waals surface area contributed by atoms with E-state index in [0.29, 0.717) is 17.5 Å².